The van der Waals surface area contributed by atoms with Gasteiger partial charge >= 0.3 is 6.03 Å². The molecule has 3 amide bonds. The molecule has 0 atom stereocenters. The third-order valence-electron chi connectivity index (χ3n) is 4.78. The lowest BCUT2D eigenvalue weighted by Gasteiger charge is -2.28. The molecule has 1 fully saturated rings. The zero-order valence-corrected chi connectivity index (χ0v) is 16.3. The molecule has 1 aromatic heterocycles. The van der Waals surface area contributed by atoms with E-state index < -0.39 is 11.8 Å². The van der Waals surface area contributed by atoms with Crippen LogP contribution < -0.4 is 10.6 Å². The Balaban J connectivity index is 1.59. The zero-order chi connectivity index (χ0) is 20.3. The largest absolute Gasteiger partial charge is 0.345 e. The van der Waals surface area contributed by atoms with Crippen LogP contribution in [-0.4, -0.2) is 65.8 Å². The summed E-state index contributed by atoms with van der Waals surface area (Å²) < 4.78 is 16.1. The van der Waals surface area contributed by atoms with Gasteiger partial charge in [0.2, 0.25) is 0 Å². The van der Waals surface area contributed by atoms with E-state index in [1.807, 2.05) is 10.9 Å². The molecular weight excluding hydrogens is 363 g/mol. The average molecular weight is 388 g/mol. The normalized spacial score (nSPS) is 15.3. The number of urea groups is 1. The molecule has 28 heavy (non-hydrogen) atoms. The monoisotopic (exact) mass is 388 g/mol. The molecule has 0 saturated carbocycles. The fourth-order valence-electron chi connectivity index (χ4n) is 3.15. The highest BCUT2D eigenvalue weighted by atomic mass is 19.1. The second-order valence-corrected chi connectivity index (χ2v) is 7.19. The van der Waals surface area contributed by atoms with Gasteiger partial charge in [0.25, 0.3) is 5.91 Å². The van der Waals surface area contributed by atoms with Crippen LogP contribution in [0.2, 0.25) is 0 Å². The SMILES string of the molecule is CN1CCC(n2ccc(NC(=O)Nc3ccc(C(=O)N(C)C)cc3F)n2)CC1. The molecule has 2 aromatic rings. The molecule has 3 rings (SSSR count). The number of rotatable bonds is 4. The lowest BCUT2D eigenvalue weighted by molar-refractivity contribution is 0.0827. The summed E-state index contributed by atoms with van der Waals surface area (Å²) in [5.41, 5.74) is 0.202. The van der Waals surface area contributed by atoms with E-state index in [1.54, 1.807) is 20.2 Å². The molecule has 1 aliphatic rings. The van der Waals surface area contributed by atoms with Crippen molar-refractivity contribution in [2.75, 3.05) is 44.9 Å². The summed E-state index contributed by atoms with van der Waals surface area (Å²) >= 11 is 0. The topological polar surface area (TPSA) is 82.5 Å². The van der Waals surface area contributed by atoms with E-state index in [9.17, 15) is 14.0 Å². The Morgan fingerprint density at radius 1 is 1.18 bits per heavy atom. The highest BCUT2D eigenvalue weighted by Crippen LogP contribution is 2.22. The Morgan fingerprint density at radius 2 is 1.89 bits per heavy atom. The molecule has 0 radical (unpaired) electrons. The van der Waals surface area contributed by atoms with Gasteiger partial charge in [-0.05, 0) is 51.2 Å². The summed E-state index contributed by atoms with van der Waals surface area (Å²) in [5, 5.41) is 9.45. The molecule has 1 aliphatic heterocycles. The van der Waals surface area contributed by atoms with Gasteiger partial charge < -0.3 is 15.1 Å². The van der Waals surface area contributed by atoms with Gasteiger partial charge in [-0.15, -0.1) is 0 Å². The van der Waals surface area contributed by atoms with Crippen LogP contribution in [-0.2, 0) is 0 Å². The van der Waals surface area contributed by atoms with E-state index in [4.69, 9.17) is 0 Å². The maximum atomic E-state index is 14.2. The number of anilines is 2. The number of hydrogen-bond donors (Lipinski definition) is 2. The molecule has 150 valence electrons. The zero-order valence-electron chi connectivity index (χ0n) is 16.3. The second kappa shape index (κ2) is 8.39. The highest BCUT2D eigenvalue weighted by Gasteiger charge is 2.19. The molecule has 2 heterocycles. The number of benzene rings is 1. The van der Waals surface area contributed by atoms with Crippen LogP contribution in [0.4, 0.5) is 20.7 Å². The van der Waals surface area contributed by atoms with Crippen LogP contribution >= 0.6 is 0 Å². The van der Waals surface area contributed by atoms with Gasteiger partial charge in [-0.25, -0.2) is 9.18 Å². The van der Waals surface area contributed by atoms with Crippen LogP contribution in [0.25, 0.3) is 0 Å². The fourth-order valence-corrected chi connectivity index (χ4v) is 3.15. The number of nitrogens with zero attached hydrogens (tertiary/aromatic N) is 4. The maximum absolute atomic E-state index is 14.2. The van der Waals surface area contributed by atoms with Gasteiger partial charge in [0.15, 0.2) is 5.82 Å². The van der Waals surface area contributed by atoms with Gasteiger partial charge in [0, 0.05) is 31.9 Å². The maximum Gasteiger partial charge on any atom is 0.324 e. The minimum atomic E-state index is -0.681. The van der Waals surface area contributed by atoms with Crippen molar-refractivity contribution in [1.82, 2.24) is 19.6 Å². The van der Waals surface area contributed by atoms with Crippen LogP contribution in [0.3, 0.4) is 0 Å². The van der Waals surface area contributed by atoms with Crippen LogP contribution in [0.15, 0.2) is 30.5 Å². The first-order valence-corrected chi connectivity index (χ1v) is 9.16. The molecule has 0 unspecified atom stereocenters. The van der Waals surface area contributed by atoms with E-state index in [0.717, 1.165) is 32.0 Å². The van der Waals surface area contributed by atoms with E-state index in [2.05, 4.69) is 27.7 Å². The van der Waals surface area contributed by atoms with Crippen molar-refractivity contribution < 1.29 is 14.0 Å². The standard InChI is InChI=1S/C19H25FN6O2/c1-24(2)18(27)13-4-5-16(15(20)12-13)21-19(28)22-17-8-11-26(23-17)14-6-9-25(3)10-7-14/h4-5,8,11-12,14H,6-7,9-10H2,1-3H3,(H2,21,22,23,28). The molecule has 1 saturated heterocycles. The third-order valence-corrected chi connectivity index (χ3v) is 4.78. The number of halogens is 1. The van der Waals surface area contributed by atoms with Crippen molar-refractivity contribution in [3.63, 3.8) is 0 Å². The Hall–Kier alpha value is -2.94. The van der Waals surface area contributed by atoms with Gasteiger partial charge in [-0.2, -0.15) is 5.10 Å². The van der Waals surface area contributed by atoms with Crippen LogP contribution in [0.1, 0.15) is 29.2 Å². The van der Waals surface area contributed by atoms with Gasteiger partial charge in [0.1, 0.15) is 5.82 Å². The van der Waals surface area contributed by atoms with E-state index in [0.29, 0.717) is 11.9 Å². The molecular formula is C19H25FN6O2. The van der Waals surface area contributed by atoms with Crippen LogP contribution in [0, 0.1) is 5.82 Å². The third kappa shape index (κ3) is 4.66. The quantitative estimate of drug-likeness (QED) is 0.844. The highest BCUT2D eigenvalue weighted by molar-refractivity contribution is 6.00. The summed E-state index contributed by atoms with van der Waals surface area (Å²) in [7, 11) is 5.27. The van der Waals surface area contributed by atoms with Gasteiger partial charge in [-0.1, -0.05) is 0 Å². The van der Waals surface area contributed by atoms with Crippen molar-refractivity contribution in [2.45, 2.75) is 18.9 Å². The number of nitrogens with one attached hydrogen (secondary N) is 2. The number of aromatic nitrogens is 2. The number of hydrogen-bond acceptors (Lipinski definition) is 4. The number of carbonyl (C=O) groups excluding carboxylic acids is 2. The molecule has 0 aliphatic carbocycles. The predicted molar refractivity (Wildman–Crippen MR) is 105 cm³/mol. The Kier molecular flexibility index (Phi) is 5.93. The molecule has 8 nitrogen and oxygen atoms in total. The number of carbonyl (C=O) groups is 2. The predicted octanol–water partition coefficient (Wildman–Crippen LogP) is 2.63. The molecule has 0 spiro atoms. The van der Waals surface area contributed by atoms with E-state index in [-0.39, 0.29) is 17.2 Å². The van der Waals surface area contributed by atoms with Gasteiger partial charge in [-0.3, -0.25) is 14.8 Å². The van der Waals surface area contributed by atoms with Crippen molar-refractivity contribution >= 4 is 23.4 Å². The number of likely N-dealkylation sites (tertiary alicyclic amines) is 1. The first-order chi connectivity index (χ1) is 13.3. The Bertz CT molecular complexity index is 858. The van der Waals surface area contributed by atoms with Crippen molar-refractivity contribution in [3.05, 3.63) is 41.8 Å². The van der Waals surface area contributed by atoms with Crippen molar-refractivity contribution in [2.24, 2.45) is 0 Å². The first kappa shape index (κ1) is 19.8. The summed E-state index contributed by atoms with van der Waals surface area (Å²) in [6.07, 6.45) is 3.86. The smallest absolute Gasteiger partial charge is 0.324 e. The lowest BCUT2D eigenvalue weighted by Crippen LogP contribution is -2.31. The van der Waals surface area contributed by atoms with Gasteiger partial charge in [0.05, 0.1) is 11.7 Å². The summed E-state index contributed by atoms with van der Waals surface area (Å²) in [6.45, 7) is 2.03. The first-order valence-electron chi connectivity index (χ1n) is 9.16. The minimum Gasteiger partial charge on any atom is -0.345 e. The number of amides is 3. The average Bonchev–Trinajstić information content (AvgIpc) is 3.11. The summed E-state index contributed by atoms with van der Waals surface area (Å²) in [4.78, 5) is 27.7. The van der Waals surface area contributed by atoms with Crippen LogP contribution in [0.5, 0.6) is 0 Å². The fraction of sp³-hybridized carbons (Fsp3) is 0.421. The van der Waals surface area contributed by atoms with E-state index >= 15 is 0 Å². The molecule has 1 aromatic carbocycles. The summed E-state index contributed by atoms with van der Waals surface area (Å²) in [5.74, 6) is -0.592. The lowest BCUT2D eigenvalue weighted by atomic mass is 10.1. The molecule has 0 bridgehead atoms. The minimum absolute atomic E-state index is 0.0115. The van der Waals surface area contributed by atoms with E-state index in [1.165, 1.54) is 17.0 Å². The number of piperidine rings is 1. The molecule has 2 N–H and O–H groups in total. The Morgan fingerprint density at radius 3 is 2.54 bits per heavy atom. The Labute approximate surface area is 163 Å². The summed E-state index contributed by atoms with van der Waals surface area (Å²) in [6, 6.07) is 5.37. The van der Waals surface area contributed by atoms with Crippen molar-refractivity contribution in [1.29, 1.82) is 0 Å². The molecule has 9 heteroatoms. The second-order valence-electron chi connectivity index (χ2n) is 7.19. The van der Waals surface area contributed by atoms with Crippen molar-refractivity contribution in [3.8, 4) is 0 Å².